The number of urea groups is 1. The third kappa shape index (κ3) is 2.04. The van der Waals surface area contributed by atoms with Gasteiger partial charge in [-0.3, -0.25) is 9.69 Å². The zero-order valence-electron chi connectivity index (χ0n) is 8.83. The molecular formula is C9H17N3O2. The Morgan fingerprint density at radius 2 is 2.14 bits per heavy atom. The Balaban J connectivity index is 2.61. The van der Waals surface area contributed by atoms with Crippen LogP contribution in [-0.2, 0) is 4.79 Å². The maximum Gasteiger partial charge on any atom is 0.324 e. The Kier molecular flexibility index (Phi) is 3.46. The first kappa shape index (κ1) is 11.0. The summed E-state index contributed by atoms with van der Waals surface area (Å²) in [5.41, 5.74) is 0. The molecule has 1 aliphatic rings. The molecule has 80 valence electrons. The number of imide groups is 1. The molecule has 0 radical (unpaired) electrons. The Morgan fingerprint density at radius 1 is 1.50 bits per heavy atom. The number of hydrogen-bond acceptors (Lipinski definition) is 3. The van der Waals surface area contributed by atoms with Crippen molar-refractivity contribution in [2.75, 3.05) is 20.1 Å². The van der Waals surface area contributed by atoms with Gasteiger partial charge in [0, 0.05) is 13.1 Å². The number of carbonyl (C=O) groups is 2. The second-order valence-electron chi connectivity index (χ2n) is 3.76. The zero-order valence-corrected chi connectivity index (χ0v) is 8.83. The van der Waals surface area contributed by atoms with E-state index in [1.807, 2.05) is 13.8 Å². The van der Waals surface area contributed by atoms with Crippen LogP contribution < -0.4 is 10.6 Å². The Morgan fingerprint density at radius 3 is 2.57 bits per heavy atom. The van der Waals surface area contributed by atoms with Crippen LogP contribution in [0.5, 0.6) is 0 Å². The number of amides is 3. The standard InChI is InChI=1S/C9H17N3O2/c1-6(2)7-8(13)12(5-4-10-3)9(14)11-7/h6-7,10H,4-5H2,1-3H3,(H,11,14). The molecule has 0 spiro atoms. The topological polar surface area (TPSA) is 61.4 Å². The van der Waals surface area contributed by atoms with Gasteiger partial charge in [0.25, 0.3) is 5.91 Å². The van der Waals surface area contributed by atoms with E-state index in [-0.39, 0.29) is 23.9 Å². The van der Waals surface area contributed by atoms with Crippen LogP contribution in [0.3, 0.4) is 0 Å². The van der Waals surface area contributed by atoms with E-state index in [1.54, 1.807) is 7.05 Å². The average molecular weight is 199 g/mol. The minimum absolute atomic E-state index is 0.111. The maximum atomic E-state index is 11.7. The van der Waals surface area contributed by atoms with Gasteiger partial charge < -0.3 is 10.6 Å². The van der Waals surface area contributed by atoms with Crippen molar-refractivity contribution in [3.05, 3.63) is 0 Å². The quantitative estimate of drug-likeness (QED) is 0.615. The molecule has 14 heavy (non-hydrogen) atoms. The van der Waals surface area contributed by atoms with E-state index in [0.29, 0.717) is 13.1 Å². The highest BCUT2D eigenvalue weighted by Gasteiger charge is 2.38. The van der Waals surface area contributed by atoms with Gasteiger partial charge in [0.2, 0.25) is 0 Å². The van der Waals surface area contributed by atoms with Crippen LogP contribution in [0.25, 0.3) is 0 Å². The number of likely N-dealkylation sites (N-methyl/N-ethyl adjacent to an activating group) is 1. The summed E-state index contributed by atoms with van der Waals surface area (Å²) in [7, 11) is 1.79. The van der Waals surface area contributed by atoms with Crippen LogP contribution in [0.2, 0.25) is 0 Å². The summed E-state index contributed by atoms with van der Waals surface area (Å²) < 4.78 is 0. The van der Waals surface area contributed by atoms with E-state index >= 15 is 0 Å². The van der Waals surface area contributed by atoms with Gasteiger partial charge in [-0.05, 0) is 13.0 Å². The zero-order chi connectivity index (χ0) is 10.7. The Labute approximate surface area is 83.8 Å². The molecule has 0 bridgehead atoms. The van der Waals surface area contributed by atoms with Crippen molar-refractivity contribution in [1.82, 2.24) is 15.5 Å². The van der Waals surface area contributed by atoms with Gasteiger partial charge in [-0.15, -0.1) is 0 Å². The summed E-state index contributed by atoms with van der Waals surface area (Å²) in [5.74, 6) is 0.0336. The SMILES string of the molecule is CNCCN1C(=O)NC(C(C)C)C1=O. The first-order chi connectivity index (χ1) is 6.57. The summed E-state index contributed by atoms with van der Waals surface area (Å²) in [6.45, 7) is 4.91. The molecule has 0 aromatic heterocycles. The van der Waals surface area contributed by atoms with Crippen molar-refractivity contribution < 1.29 is 9.59 Å². The monoisotopic (exact) mass is 199 g/mol. The molecular weight excluding hydrogens is 182 g/mol. The Hall–Kier alpha value is -1.10. The summed E-state index contributed by atoms with van der Waals surface area (Å²) in [6.07, 6.45) is 0. The molecule has 1 unspecified atom stereocenters. The predicted molar refractivity (Wildman–Crippen MR) is 52.8 cm³/mol. The van der Waals surface area contributed by atoms with Crippen molar-refractivity contribution in [1.29, 1.82) is 0 Å². The maximum absolute atomic E-state index is 11.7. The molecule has 3 amide bonds. The number of hydrogen-bond donors (Lipinski definition) is 2. The van der Waals surface area contributed by atoms with Gasteiger partial charge in [-0.25, -0.2) is 4.79 Å². The molecule has 1 aliphatic heterocycles. The molecule has 1 heterocycles. The van der Waals surface area contributed by atoms with Gasteiger partial charge >= 0.3 is 6.03 Å². The molecule has 0 aromatic carbocycles. The number of rotatable bonds is 4. The number of nitrogens with one attached hydrogen (secondary N) is 2. The van der Waals surface area contributed by atoms with Crippen LogP contribution in [0.1, 0.15) is 13.8 Å². The van der Waals surface area contributed by atoms with E-state index in [4.69, 9.17) is 0 Å². The third-order valence-corrected chi connectivity index (χ3v) is 2.31. The van der Waals surface area contributed by atoms with E-state index in [0.717, 1.165) is 0 Å². The molecule has 1 saturated heterocycles. The molecule has 5 nitrogen and oxygen atoms in total. The van der Waals surface area contributed by atoms with E-state index < -0.39 is 0 Å². The highest BCUT2D eigenvalue weighted by molar-refractivity contribution is 6.04. The molecule has 0 aliphatic carbocycles. The van der Waals surface area contributed by atoms with E-state index in [2.05, 4.69) is 10.6 Å². The second-order valence-corrected chi connectivity index (χ2v) is 3.76. The normalized spacial score (nSPS) is 22.0. The van der Waals surface area contributed by atoms with E-state index in [9.17, 15) is 9.59 Å². The van der Waals surface area contributed by atoms with Crippen molar-refractivity contribution in [2.45, 2.75) is 19.9 Å². The summed E-state index contributed by atoms with van der Waals surface area (Å²) >= 11 is 0. The summed E-state index contributed by atoms with van der Waals surface area (Å²) in [5, 5.41) is 5.58. The van der Waals surface area contributed by atoms with Crippen molar-refractivity contribution in [3.63, 3.8) is 0 Å². The van der Waals surface area contributed by atoms with Gasteiger partial charge in [-0.2, -0.15) is 0 Å². The van der Waals surface area contributed by atoms with Gasteiger partial charge in [0.05, 0.1) is 0 Å². The summed E-state index contributed by atoms with van der Waals surface area (Å²) in [6, 6.07) is -0.622. The molecule has 2 N–H and O–H groups in total. The third-order valence-electron chi connectivity index (χ3n) is 2.31. The largest absolute Gasteiger partial charge is 0.326 e. The van der Waals surface area contributed by atoms with Crippen LogP contribution in [0, 0.1) is 5.92 Å². The average Bonchev–Trinajstić information content (AvgIpc) is 2.40. The lowest BCUT2D eigenvalue weighted by Crippen LogP contribution is -2.37. The first-order valence-corrected chi connectivity index (χ1v) is 4.84. The fourth-order valence-corrected chi connectivity index (χ4v) is 1.43. The predicted octanol–water partition coefficient (Wildman–Crippen LogP) is -0.218. The van der Waals surface area contributed by atoms with Gasteiger partial charge in [-0.1, -0.05) is 13.8 Å². The number of carbonyl (C=O) groups excluding carboxylic acids is 2. The Bertz CT molecular complexity index is 240. The molecule has 1 atom stereocenters. The molecule has 1 rings (SSSR count). The van der Waals surface area contributed by atoms with Gasteiger partial charge in [0.1, 0.15) is 6.04 Å². The fraction of sp³-hybridized carbons (Fsp3) is 0.778. The number of nitrogens with zero attached hydrogens (tertiary/aromatic N) is 1. The molecule has 0 aromatic rings. The van der Waals surface area contributed by atoms with Crippen LogP contribution in [0.15, 0.2) is 0 Å². The van der Waals surface area contributed by atoms with Crippen molar-refractivity contribution in [2.24, 2.45) is 5.92 Å². The second kappa shape index (κ2) is 4.41. The molecule has 0 saturated carbocycles. The van der Waals surface area contributed by atoms with Gasteiger partial charge in [0.15, 0.2) is 0 Å². The van der Waals surface area contributed by atoms with Crippen LogP contribution in [-0.4, -0.2) is 43.0 Å². The minimum Gasteiger partial charge on any atom is -0.326 e. The first-order valence-electron chi connectivity index (χ1n) is 4.84. The smallest absolute Gasteiger partial charge is 0.324 e. The van der Waals surface area contributed by atoms with Crippen LogP contribution >= 0.6 is 0 Å². The lowest BCUT2D eigenvalue weighted by molar-refractivity contribution is -0.128. The lowest BCUT2D eigenvalue weighted by Gasteiger charge is -2.13. The molecule has 5 heteroatoms. The van der Waals surface area contributed by atoms with Crippen LogP contribution in [0.4, 0.5) is 4.79 Å². The minimum atomic E-state index is -0.348. The molecule has 1 fully saturated rings. The fourth-order valence-electron chi connectivity index (χ4n) is 1.43. The highest BCUT2D eigenvalue weighted by atomic mass is 16.2. The highest BCUT2D eigenvalue weighted by Crippen LogP contribution is 2.12. The summed E-state index contributed by atoms with van der Waals surface area (Å²) in [4.78, 5) is 24.3. The lowest BCUT2D eigenvalue weighted by atomic mass is 10.1. The van der Waals surface area contributed by atoms with Crippen molar-refractivity contribution in [3.8, 4) is 0 Å². The van der Waals surface area contributed by atoms with E-state index in [1.165, 1.54) is 4.90 Å². The van der Waals surface area contributed by atoms with Crippen molar-refractivity contribution >= 4 is 11.9 Å².